The third kappa shape index (κ3) is 12.0. The smallest absolute Gasteiger partial charge is 0.416 e. The van der Waals surface area contributed by atoms with Gasteiger partial charge in [-0.2, -0.15) is 13.2 Å². The second-order valence-electron chi connectivity index (χ2n) is 9.38. The maximum Gasteiger partial charge on any atom is 0.416 e. The molecule has 210 valence electrons. The molecule has 0 heterocycles. The molecule has 38 heavy (non-hydrogen) atoms. The van der Waals surface area contributed by atoms with Gasteiger partial charge in [0.1, 0.15) is 0 Å². The van der Waals surface area contributed by atoms with Gasteiger partial charge in [0, 0.05) is 12.1 Å². The molecule has 0 unspecified atom stereocenters. The largest absolute Gasteiger partial charge is 0.479 e. The van der Waals surface area contributed by atoms with E-state index < -0.39 is 24.3 Å². The number of anilines is 1. The summed E-state index contributed by atoms with van der Waals surface area (Å²) in [6.45, 7) is 2.26. The van der Waals surface area contributed by atoms with Crippen molar-refractivity contribution in [2.45, 2.75) is 83.9 Å². The number of hydroxylamine groups is 1. The van der Waals surface area contributed by atoms with Crippen LogP contribution >= 0.6 is 0 Å². The van der Waals surface area contributed by atoms with Gasteiger partial charge in [-0.05, 0) is 48.4 Å². The zero-order valence-electron chi connectivity index (χ0n) is 22.1. The second kappa shape index (κ2) is 16.7. The van der Waals surface area contributed by atoms with Crippen LogP contribution in [-0.4, -0.2) is 30.1 Å². The van der Waals surface area contributed by atoms with Crippen LogP contribution in [-0.2, 0) is 22.4 Å². The number of carboxylic acids is 1. The molecule has 0 spiro atoms. The Labute approximate surface area is 223 Å². The lowest BCUT2D eigenvalue weighted by molar-refractivity contribution is -0.142. The Bertz CT molecular complexity index is 963. The molecule has 9 heteroatoms. The van der Waals surface area contributed by atoms with Crippen LogP contribution < -0.4 is 10.4 Å². The second-order valence-corrected chi connectivity index (χ2v) is 9.38. The Balaban J connectivity index is 1.80. The Morgan fingerprint density at radius 1 is 0.842 bits per heavy atom. The Morgan fingerprint density at radius 3 is 1.92 bits per heavy atom. The van der Waals surface area contributed by atoms with E-state index >= 15 is 0 Å². The molecule has 2 rings (SSSR count). The number of benzene rings is 2. The van der Waals surface area contributed by atoms with Gasteiger partial charge >= 0.3 is 12.1 Å². The van der Waals surface area contributed by atoms with Crippen molar-refractivity contribution in [2.75, 3.05) is 18.2 Å². The number of hydrogen-bond acceptors (Lipinski definition) is 4. The highest BCUT2D eigenvalue weighted by Crippen LogP contribution is 2.31. The highest BCUT2D eigenvalue weighted by Gasteiger charge is 2.30. The van der Waals surface area contributed by atoms with Crippen LogP contribution in [0.25, 0.3) is 0 Å². The van der Waals surface area contributed by atoms with Crippen LogP contribution in [0.5, 0.6) is 0 Å². The summed E-state index contributed by atoms with van der Waals surface area (Å²) in [5.41, 5.74) is 0.653. The topological polar surface area (TPSA) is 78.9 Å². The van der Waals surface area contributed by atoms with Crippen LogP contribution in [0, 0.1) is 0 Å². The molecule has 6 nitrogen and oxygen atoms in total. The molecular formula is C29H39F3N2O4. The number of hydrogen-bond donors (Lipinski definition) is 2. The lowest BCUT2D eigenvalue weighted by Crippen LogP contribution is -2.27. The number of aliphatic carboxylic acids is 1. The molecular weight excluding hydrogens is 497 g/mol. The fourth-order valence-electron chi connectivity index (χ4n) is 4.01. The third-order valence-electron chi connectivity index (χ3n) is 6.18. The third-order valence-corrected chi connectivity index (χ3v) is 6.18. The molecule has 0 saturated carbocycles. The molecule has 2 aromatic rings. The van der Waals surface area contributed by atoms with Gasteiger partial charge in [0.25, 0.3) is 5.91 Å². The molecule has 0 atom stereocenters. The average Bonchev–Trinajstić information content (AvgIpc) is 2.89. The number of carbonyl (C=O) groups is 2. The summed E-state index contributed by atoms with van der Waals surface area (Å²) >= 11 is 0. The number of nitrogens with one attached hydrogen (secondary N) is 1. The van der Waals surface area contributed by atoms with Gasteiger partial charge < -0.3 is 10.4 Å². The van der Waals surface area contributed by atoms with Gasteiger partial charge in [-0.15, -0.1) is 0 Å². The molecule has 0 aliphatic heterocycles. The first-order valence-electron chi connectivity index (χ1n) is 13.4. The number of alkyl halides is 3. The van der Waals surface area contributed by atoms with Gasteiger partial charge in [-0.1, -0.05) is 76.8 Å². The summed E-state index contributed by atoms with van der Waals surface area (Å²) in [7, 11) is 0. The van der Waals surface area contributed by atoms with E-state index in [0.29, 0.717) is 17.7 Å². The first kappa shape index (κ1) is 31.1. The molecule has 0 radical (unpaired) electrons. The quantitative estimate of drug-likeness (QED) is 0.154. The fraction of sp³-hybridized carbons (Fsp3) is 0.517. The summed E-state index contributed by atoms with van der Waals surface area (Å²) in [5, 5.41) is 13.1. The maximum absolute atomic E-state index is 12.9. The monoisotopic (exact) mass is 536 g/mol. The Kier molecular flexibility index (Phi) is 13.7. The fourth-order valence-corrected chi connectivity index (χ4v) is 4.01. The molecule has 0 bridgehead atoms. The van der Waals surface area contributed by atoms with E-state index in [2.05, 4.69) is 12.2 Å². The highest BCUT2D eigenvalue weighted by molar-refractivity contribution is 5.94. The van der Waals surface area contributed by atoms with Gasteiger partial charge in [0.05, 0.1) is 17.8 Å². The summed E-state index contributed by atoms with van der Waals surface area (Å²) in [4.78, 5) is 28.7. The number of carbonyl (C=O) groups excluding carboxylic acids is 1. The lowest BCUT2D eigenvalue weighted by atomic mass is 10.1. The summed E-state index contributed by atoms with van der Waals surface area (Å²) in [6.07, 6.45) is 7.79. The van der Waals surface area contributed by atoms with Crippen molar-refractivity contribution >= 4 is 17.6 Å². The molecule has 0 saturated heterocycles. The van der Waals surface area contributed by atoms with Crippen LogP contribution in [0.2, 0.25) is 0 Å². The van der Waals surface area contributed by atoms with E-state index in [0.717, 1.165) is 25.0 Å². The van der Waals surface area contributed by atoms with Gasteiger partial charge in [-0.3, -0.25) is 9.63 Å². The van der Waals surface area contributed by atoms with Crippen molar-refractivity contribution in [3.8, 4) is 0 Å². The van der Waals surface area contributed by atoms with Crippen molar-refractivity contribution in [1.29, 1.82) is 0 Å². The van der Waals surface area contributed by atoms with E-state index in [1.807, 2.05) is 0 Å². The number of nitrogens with zero attached hydrogens (tertiary/aromatic N) is 1. The zero-order valence-corrected chi connectivity index (χ0v) is 22.1. The first-order chi connectivity index (χ1) is 18.2. The van der Waals surface area contributed by atoms with E-state index in [1.54, 1.807) is 24.3 Å². The molecule has 2 aromatic carbocycles. The molecule has 0 aliphatic rings. The minimum Gasteiger partial charge on any atom is -0.479 e. The maximum atomic E-state index is 12.9. The standard InChI is InChI=1S/C29H39F3N2O4/c1-2-3-4-5-6-7-8-9-10-11-20-33-28(37)24-14-12-23(13-15-24)21-34(38-22-27(35)36)26-18-16-25(17-19-26)29(30,31)32/h12-19H,2-11,20-22H2,1H3,(H,33,37)(H,35,36). The minimum atomic E-state index is -4.48. The lowest BCUT2D eigenvalue weighted by Gasteiger charge is -2.24. The molecule has 0 aliphatic carbocycles. The van der Waals surface area contributed by atoms with Gasteiger partial charge in [0.15, 0.2) is 6.61 Å². The predicted octanol–water partition coefficient (Wildman–Crippen LogP) is 7.38. The molecule has 0 fully saturated rings. The number of amides is 1. The highest BCUT2D eigenvalue weighted by atomic mass is 19.4. The number of unbranched alkanes of at least 4 members (excludes halogenated alkanes) is 9. The van der Waals surface area contributed by atoms with Gasteiger partial charge in [0.2, 0.25) is 0 Å². The van der Waals surface area contributed by atoms with E-state index in [4.69, 9.17) is 9.94 Å². The molecule has 1 amide bonds. The van der Waals surface area contributed by atoms with Crippen molar-refractivity contribution in [3.63, 3.8) is 0 Å². The SMILES string of the molecule is CCCCCCCCCCCCNC(=O)c1ccc(CN(OCC(=O)O)c2ccc(C(F)(F)F)cc2)cc1. The summed E-state index contributed by atoms with van der Waals surface area (Å²) in [5.74, 6) is -1.38. The van der Waals surface area contributed by atoms with Crippen LogP contribution in [0.4, 0.5) is 18.9 Å². The normalized spacial score (nSPS) is 11.4. The summed E-state index contributed by atoms with van der Waals surface area (Å²) in [6, 6.07) is 11.0. The van der Waals surface area contributed by atoms with Crippen molar-refractivity contribution in [3.05, 3.63) is 65.2 Å². The van der Waals surface area contributed by atoms with Crippen molar-refractivity contribution < 1.29 is 32.7 Å². The molecule has 2 N–H and O–H groups in total. The summed E-state index contributed by atoms with van der Waals surface area (Å²) < 4.78 is 38.6. The van der Waals surface area contributed by atoms with E-state index in [9.17, 15) is 22.8 Å². The Hall–Kier alpha value is -3.07. The minimum absolute atomic E-state index is 0.0825. The van der Waals surface area contributed by atoms with Crippen molar-refractivity contribution in [2.24, 2.45) is 0 Å². The predicted molar refractivity (Wildman–Crippen MR) is 142 cm³/mol. The van der Waals surface area contributed by atoms with E-state index in [-0.39, 0.29) is 18.1 Å². The zero-order chi connectivity index (χ0) is 27.8. The number of halogens is 3. The van der Waals surface area contributed by atoms with Crippen LogP contribution in [0.15, 0.2) is 48.5 Å². The Morgan fingerprint density at radius 2 is 1.39 bits per heavy atom. The number of carboxylic acid groups (broad SMARTS) is 1. The average molecular weight is 537 g/mol. The van der Waals surface area contributed by atoms with Crippen molar-refractivity contribution in [1.82, 2.24) is 5.32 Å². The first-order valence-corrected chi connectivity index (χ1v) is 13.4. The number of rotatable bonds is 18. The van der Waals surface area contributed by atoms with Gasteiger partial charge in [-0.25, -0.2) is 9.86 Å². The van der Waals surface area contributed by atoms with E-state index in [1.165, 1.54) is 68.6 Å². The van der Waals surface area contributed by atoms with Crippen LogP contribution in [0.1, 0.15) is 92.6 Å². The van der Waals surface area contributed by atoms with Crippen LogP contribution in [0.3, 0.4) is 0 Å². The molecule has 0 aromatic heterocycles.